The molecule has 0 saturated heterocycles. The fourth-order valence-electron chi connectivity index (χ4n) is 3.66. The van der Waals surface area contributed by atoms with Crippen molar-refractivity contribution in [1.29, 1.82) is 0 Å². The van der Waals surface area contributed by atoms with Crippen molar-refractivity contribution >= 4 is 17.2 Å². The zero-order valence-electron chi connectivity index (χ0n) is 19.0. The highest BCUT2D eigenvalue weighted by molar-refractivity contribution is 6.09. The predicted octanol–water partition coefficient (Wildman–Crippen LogP) is 5.33. The minimum absolute atomic E-state index is 0.115. The number of benzene rings is 2. The van der Waals surface area contributed by atoms with Crippen LogP contribution in [0.1, 0.15) is 22.8 Å². The van der Waals surface area contributed by atoms with E-state index in [1.807, 2.05) is 24.3 Å². The highest BCUT2D eigenvalue weighted by atomic mass is 19.3. The summed E-state index contributed by atoms with van der Waals surface area (Å²) < 4.78 is 38.4. The maximum Gasteiger partial charge on any atom is 0.387 e. The molecule has 0 fully saturated rings. The summed E-state index contributed by atoms with van der Waals surface area (Å²) in [5.74, 6) is 0.358. The third-order valence-electron chi connectivity index (χ3n) is 5.42. The molecule has 3 heterocycles. The highest BCUT2D eigenvalue weighted by Gasteiger charge is 2.21. The lowest BCUT2D eigenvalue weighted by Crippen LogP contribution is -2.12. The molecule has 182 valence electrons. The van der Waals surface area contributed by atoms with Gasteiger partial charge in [-0.3, -0.25) is 9.89 Å². The van der Waals surface area contributed by atoms with Gasteiger partial charge in [-0.05, 0) is 48.4 Å². The molecule has 5 rings (SSSR count). The molecule has 1 amide bonds. The molecule has 0 atom stereocenters. The van der Waals surface area contributed by atoms with E-state index >= 15 is 0 Å². The lowest BCUT2D eigenvalue weighted by Gasteiger charge is -2.14. The minimum atomic E-state index is -3.05. The van der Waals surface area contributed by atoms with Crippen LogP contribution in [0.15, 0.2) is 73.3 Å². The third-order valence-corrected chi connectivity index (χ3v) is 5.42. The van der Waals surface area contributed by atoms with Crippen LogP contribution in [0.4, 0.5) is 14.5 Å². The Hall–Kier alpha value is -4.80. The first-order chi connectivity index (χ1) is 17.5. The van der Waals surface area contributed by atoms with Gasteiger partial charge in [0.2, 0.25) is 0 Å². The van der Waals surface area contributed by atoms with Crippen molar-refractivity contribution in [2.24, 2.45) is 0 Å². The number of ether oxygens (including phenoxy) is 2. The van der Waals surface area contributed by atoms with Gasteiger partial charge in [0.05, 0.1) is 23.8 Å². The zero-order valence-corrected chi connectivity index (χ0v) is 19.0. The van der Waals surface area contributed by atoms with Crippen LogP contribution in [0.5, 0.6) is 17.2 Å². The summed E-state index contributed by atoms with van der Waals surface area (Å²) in [4.78, 5) is 17.1. The van der Waals surface area contributed by atoms with Gasteiger partial charge in [-0.15, -0.1) is 0 Å². The summed E-state index contributed by atoms with van der Waals surface area (Å²) in [5, 5.41) is 13.6. The Morgan fingerprint density at radius 2 is 1.94 bits per heavy atom. The Balaban J connectivity index is 1.47. The van der Waals surface area contributed by atoms with E-state index in [1.165, 1.54) is 35.1 Å². The van der Waals surface area contributed by atoms with Gasteiger partial charge >= 0.3 is 6.61 Å². The van der Waals surface area contributed by atoms with Crippen LogP contribution in [-0.4, -0.2) is 37.3 Å². The van der Waals surface area contributed by atoms with Crippen LogP contribution in [0.25, 0.3) is 16.9 Å². The van der Waals surface area contributed by atoms with E-state index in [9.17, 15) is 13.6 Å². The number of alkyl halides is 2. The molecule has 0 bridgehead atoms. The van der Waals surface area contributed by atoms with Gasteiger partial charge < -0.3 is 14.8 Å². The Bertz CT molecular complexity index is 1510. The van der Waals surface area contributed by atoms with Crippen molar-refractivity contribution in [1.82, 2.24) is 24.8 Å². The summed E-state index contributed by atoms with van der Waals surface area (Å²) in [6.45, 7) is -1.00. The van der Waals surface area contributed by atoms with Crippen LogP contribution in [0.3, 0.4) is 0 Å². The summed E-state index contributed by atoms with van der Waals surface area (Å²) in [7, 11) is 0. The first kappa shape index (κ1) is 23.0. The predicted molar refractivity (Wildman–Crippen MR) is 127 cm³/mol. The molecule has 5 aromatic rings. The Morgan fingerprint density at radius 3 is 2.72 bits per heavy atom. The number of anilines is 1. The summed E-state index contributed by atoms with van der Waals surface area (Å²) >= 11 is 0. The van der Waals surface area contributed by atoms with Gasteiger partial charge in [-0.1, -0.05) is 19.1 Å². The van der Waals surface area contributed by atoms with Crippen molar-refractivity contribution < 1.29 is 23.0 Å². The molecule has 0 aliphatic heterocycles. The number of halogens is 2. The van der Waals surface area contributed by atoms with Crippen molar-refractivity contribution in [3.63, 3.8) is 0 Å². The van der Waals surface area contributed by atoms with Gasteiger partial charge in [0.25, 0.3) is 5.91 Å². The molecule has 0 spiro atoms. The number of aromatic nitrogens is 5. The molecule has 0 saturated carbocycles. The number of fused-ring (bicyclic) bond motifs is 1. The van der Waals surface area contributed by atoms with Crippen molar-refractivity contribution in [3.8, 4) is 28.5 Å². The Kier molecular flexibility index (Phi) is 6.27. The molecular formula is C25H20F2N6O3. The monoisotopic (exact) mass is 490 g/mol. The maximum absolute atomic E-state index is 13.1. The van der Waals surface area contributed by atoms with E-state index in [0.29, 0.717) is 17.1 Å². The highest BCUT2D eigenvalue weighted by Crippen LogP contribution is 2.38. The molecule has 0 aliphatic rings. The molecule has 2 aromatic carbocycles. The van der Waals surface area contributed by atoms with E-state index in [1.54, 1.807) is 18.5 Å². The quantitative estimate of drug-likeness (QED) is 0.305. The largest absolute Gasteiger partial charge is 0.457 e. The topological polar surface area (TPSA) is 106 Å². The number of nitrogens with one attached hydrogen (secondary N) is 2. The molecule has 0 aliphatic carbocycles. The van der Waals surface area contributed by atoms with Gasteiger partial charge in [0.15, 0.2) is 5.65 Å². The Morgan fingerprint density at radius 1 is 1.14 bits per heavy atom. The molecule has 3 aromatic heterocycles. The van der Waals surface area contributed by atoms with Crippen LogP contribution >= 0.6 is 0 Å². The number of hydrogen-bond acceptors (Lipinski definition) is 6. The van der Waals surface area contributed by atoms with Gasteiger partial charge in [0, 0.05) is 18.0 Å². The van der Waals surface area contributed by atoms with E-state index in [2.05, 4.69) is 32.5 Å². The van der Waals surface area contributed by atoms with Crippen LogP contribution in [0, 0.1) is 0 Å². The second-order valence-corrected chi connectivity index (χ2v) is 7.69. The van der Waals surface area contributed by atoms with Crippen LogP contribution in [-0.2, 0) is 6.42 Å². The smallest absolute Gasteiger partial charge is 0.387 e. The molecule has 2 N–H and O–H groups in total. The van der Waals surface area contributed by atoms with Crippen molar-refractivity contribution in [2.75, 3.05) is 5.32 Å². The number of amides is 1. The number of nitrogens with zero attached hydrogens (tertiary/aromatic N) is 4. The normalized spacial score (nSPS) is 11.1. The number of aromatic amines is 1. The third kappa shape index (κ3) is 4.71. The molecule has 0 radical (unpaired) electrons. The number of carbonyl (C=O) groups is 1. The number of aryl methyl sites for hydroxylation is 1. The average Bonchev–Trinajstić information content (AvgIpc) is 3.52. The van der Waals surface area contributed by atoms with E-state index < -0.39 is 12.5 Å². The first-order valence-corrected chi connectivity index (χ1v) is 11.0. The van der Waals surface area contributed by atoms with Crippen LogP contribution in [0.2, 0.25) is 0 Å². The van der Waals surface area contributed by atoms with Gasteiger partial charge in [-0.2, -0.15) is 19.0 Å². The lowest BCUT2D eigenvalue weighted by atomic mass is 10.1. The van der Waals surface area contributed by atoms with E-state index in [4.69, 9.17) is 9.47 Å². The number of carbonyl (C=O) groups excluding carboxylic acids is 1. The second kappa shape index (κ2) is 9.82. The van der Waals surface area contributed by atoms with Gasteiger partial charge in [-0.25, -0.2) is 9.50 Å². The van der Waals surface area contributed by atoms with Crippen molar-refractivity contribution in [2.45, 2.75) is 20.0 Å². The summed E-state index contributed by atoms with van der Waals surface area (Å²) in [5.41, 5.74) is 2.49. The molecule has 0 unspecified atom stereocenters. The standard InChI is InChI=1S/C25H20F2N6O3/c1-2-15-4-6-16(7-5-15)35-17-8-9-21(36-25(26)27)18(12-17)22-20(14-29-32-22)31-24(34)19-13-30-33-11-3-10-28-23(19)33/h3-14,25H,2H2,1H3,(H,29,32)(H,31,34). The maximum atomic E-state index is 13.1. The zero-order chi connectivity index (χ0) is 25.1. The number of hydrogen-bond donors (Lipinski definition) is 2. The number of rotatable bonds is 8. The Labute approximate surface area is 203 Å². The average molecular weight is 490 g/mol. The number of H-pyrrole nitrogens is 1. The second-order valence-electron chi connectivity index (χ2n) is 7.69. The first-order valence-electron chi connectivity index (χ1n) is 11.0. The molecular weight excluding hydrogens is 470 g/mol. The van der Waals surface area contributed by atoms with E-state index in [-0.39, 0.29) is 28.3 Å². The molecule has 9 nitrogen and oxygen atoms in total. The molecule has 11 heteroatoms. The lowest BCUT2D eigenvalue weighted by molar-refractivity contribution is -0.0494. The van der Waals surface area contributed by atoms with Crippen LogP contribution < -0.4 is 14.8 Å². The van der Waals surface area contributed by atoms with E-state index in [0.717, 1.165) is 12.0 Å². The van der Waals surface area contributed by atoms with Gasteiger partial charge in [0.1, 0.15) is 22.8 Å². The minimum Gasteiger partial charge on any atom is -0.457 e. The van der Waals surface area contributed by atoms with Crippen molar-refractivity contribution in [3.05, 3.63) is 84.4 Å². The molecule has 36 heavy (non-hydrogen) atoms. The fourth-order valence-corrected chi connectivity index (χ4v) is 3.66. The SMILES string of the molecule is CCc1ccc(Oc2ccc(OC(F)F)c(-c3[nH]ncc3NC(=O)c3cnn4cccnc34)c2)cc1. The summed E-state index contributed by atoms with van der Waals surface area (Å²) in [6.07, 6.45) is 6.87. The fraction of sp³-hybridized carbons (Fsp3) is 0.120. The summed E-state index contributed by atoms with van der Waals surface area (Å²) in [6, 6.07) is 13.7.